The van der Waals surface area contributed by atoms with Gasteiger partial charge in [-0.1, -0.05) is 13.8 Å². The van der Waals surface area contributed by atoms with E-state index in [1.54, 1.807) is 11.3 Å². The number of nitrogens with zero attached hydrogens (tertiary/aromatic N) is 2. The minimum atomic E-state index is 0.102. The summed E-state index contributed by atoms with van der Waals surface area (Å²) >= 11 is 1.60. The molecular weight excluding hydrogens is 332 g/mol. The van der Waals surface area contributed by atoms with E-state index in [1.807, 2.05) is 4.90 Å². The Labute approximate surface area is 155 Å². The molecule has 0 spiro atoms. The van der Waals surface area contributed by atoms with Crippen molar-refractivity contribution in [1.82, 2.24) is 9.80 Å². The van der Waals surface area contributed by atoms with E-state index in [-0.39, 0.29) is 11.8 Å². The average Bonchev–Trinajstić information content (AvgIpc) is 3.01. The van der Waals surface area contributed by atoms with Crippen LogP contribution in [0.1, 0.15) is 59.6 Å². The van der Waals surface area contributed by atoms with Crippen LogP contribution in [0.4, 0.5) is 0 Å². The van der Waals surface area contributed by atoms with Gasteiger partial charge < -0.3 is 9.80 Å². The zero-order chi connectivity index (χ0) is 18.0. The number of rotatable bonds is 3. The van der Waals surface area contributed by atoms with Gasteiger partial charge >= 0.3 is 0 Å². The van der Waals surface area contributed by atoms with Crippen LogP contribution in [0.2, 0.25) is 0 Å². The van der Waals surface area contributed by atoms with Crippen LogP contribution in [0.5, 0.6) is 0 Å². The quantitative estimate of drug-likeness (QED) is 0.822. The van der Waals surface area contributed by atoms with Crippen molar-refractivity contribution in [3.05, 3.63) is 21.4 Å². The van der Waals surface area contributed by atoms with Gasteiger partial charge in [-0.15, -0.1) is 11.3 Å². The molecule has 1 unspecified atom stereocenters. The molecule has 0 bridgehead atoms. The Balaban J connectivity index is 1.55. The van der Waals surface area contributed by atoms with Gasteiger partial charge in [0.25, 0.3) is 5.91 Å². The summed E-state index contributed by atoms with van der Waals surface area (Å²) in [5.74, 6) is 1.18. The third-order valence-electron chi connectivity index (χ3n) is 5.71. The van der Waals surface area contributed by atoms with E-state index in [4.69, 9.17) is 0 Å². The predicted octanol–water partition coefficient (Wildman–Crippen LogP) is 3.73. The maximum Gasteiger partial charge on any atom is 0.263 e. The molecule has 2 aliphatic rings. The number of hydrogen-bond donors (Lipinski definition) is 0. The number of piperidine rings is 2. The monoisotopic (exact) mass is 362 g/mol. The van der Waals surface area contributed by atoms with Gasteiger partial charge in [-0.05, 0) is 56.6 Å². The summed E-state index contributed by atoms with van der Waals surface area (Å²) < 4.78 is 0. The van der Waals surface area contributed by atoms with Crippen LogP contribution < -0.4 is 0 Å². The normalized spacial score (nSPS) is 22.3. The molecule has 0 radical (unpaired) electrons. The lowest BCUT2D eigenvalue weighted by molar-refractivity contribution is -0.138. The van der Waals surface area contributed by atoms with Crippen LogP contribution in [-0.2, 0) is 11.2 Å². The summed E-state index contributed by atoms with van der Waals surface area (Å²) in [6.07, 6.45) is 4.94. The molecule has 0 aromatic carbocycles. The standard InChI is InChI=1S/C20H30N2O2S/c1-4-16-12-18(25-15(16)3)20(24)21-10-7-17(8-11-21)19(23)22-9-5-6-14(2)13-22/h12,14,17H,4-11,13H2,1-3H3. The number of likely N-dealkylation sites (tertiary alicyclic amines) is 2. The van der Waals surface area contributed by atoms with Crippen LogP contribution in [0.25, 0.3) is 0 Å². The summed E-state index contributed by atoms with van der Waals surface area (Å²) in [6, 6.07) is 2.05. The van der Waals surface area contributed by atoms with Crippen molar-refractivity contribution in [3.63, 3.8) is 0 Å². The van der Waals surface area contributed by atoms with Crippen molar-refractivity contribution in [2.24, 2.45) is 11.8 Å². The van der Waals surface area contributed by atoms with Gasteiger partial charge in [0.15, 0.2) is 0 Å². The van der Waals surface area contributed by atoms with E-state index in [0.717, 1.165) is 43.6 Å². The minimum absolute atomic E-state index is 0.102. The van der Waals surface area contributed by atoms with Gasteiger partial charge in [0, 0.05) is 37.0 Å². The molecule has 2 saturated heterocycles. The highest BCUT2D eigenvalue weighted by molar-refractivity contribution is 7.14. The number of carbonyl (C=O) groups is 2. The molecule has 3 rings (SSSR count). The minimum Gasteiger partial charge on any atom is -0.342 e. The molecule has 2 amide bonds. The summed E-state index contributed by atoms with van der Waals surface area (Å²) in [5, 5.41) is 0. The highest BCUT2D eigenvalue weighted by Gasteiger charge is 2.32. The second kappa shape index (κ2) is 7.90. The second-order valence-corrected chi connectivity index (χ2v) is 8.90. The van der Waals surface area contributed by atoms with E-state index < -0.39 is 0 Å². The zero-order valence-corrected chi connectivity index (χ0v) is 16.5. The highest BCUT2D eigenvalue weighted by Crippen LogP contribution is 2.27. The molecule has 2 fully saturated rings. The lowest BCUT2D eigenvalue weighted by Crippen LogP contribution is -2.46. The fourth-order valence-corrected chi connectivity index (χ4v) is 5.19. The highest BCUT2D eigenvalue weighted by atomic mass is 32.1. The Kier molecular flexibility index (Phi) is 5.82. The van der Waals surface area contributed by atoms with Crippen molar-refractivity contribution < 1.29 is 9.59 Å². The van der Waals surface area contributed by atoms with Crippen LogP contribution in [0.3, 0.4) is 0 Å². The summed E-state index contributed by atoms with van der Waals surface area (Å²) in [6.45, 7) is 9.68. The molecular formula is C20H30N2O2S. The largest absolute Gasteiger partial charge is 0.342 e. The summed E-state index contributed by atoms with van der Waals surface area (Å²) in [4.78, 5) is 31.6. The summed E-state index contributed by atoms with van der Waals surface area (Å²) in [5.41, 5.74) is 1.28. The third-order valence-corrected chi connectivity index (χ3v) is 6.79. The zero-order valence-electron chi connectivity index (χ0n) is 15.7. The molecule has 0 aliphatic carbocycles. The lowest BCUT2D eigenvalue weighted by atomic mass is 9.92. The Morgan fingerprint density at radius 2 is 1.88 bits per heavy atom. The van der Waals surface area contributed by atoms with Gasteiger partial charge in [-0.3, -0.25) is 9.59 Å². The molecule has 2 aliphatic heterocycles. The van der Waals surface area contributed by atoms with E-state index in [1.165, 1.54) is 16.9 Å². The Hall–Kier alpha value is -1.36. The average molecular weight is 363 g/mol. The van der Waals surface area contributed by atoms with Crippen molar-refractivity contribution in [1.29, 1.82) is 0 Å². The molecule has 1 aromatic heterocycles. The van der Waals surface area contributed by atoms with Crippen molar-refractivity contribution in [2.75, 3.05) is 26.2 Å². The number of thiophene rings is 1. The van der Waals surface area contributed by atoms with Gasteiger partial charge in [0.1, 0.15) is 0 Å². The van der Waals surface area contributed by atoms with Crippen LogP contribution >= 0.6 is 11.3 Å². The fourth-order valence-electron chi connectivity index (χ4n) is 4.11. The second-order valence-electron chi connectivity index (χ2n) is 7.64. The maximum absolute atomic E-state index is 12.8. The summed E-state index contributed by atoms with van der Waals surface area (Å²) in [7, 11) is 0. The number of amides is 2. The van der Waals surface area contributed by atoms with E-state index >= 15 is 0 Å². The number of carbonyl (C=O) groups excluding carboxylic acids is 2. The first-order chi connectivity index (χ1) is 12.0. The first kappa shape index (κ1) is 18.4. The lowest BCUT2D eigenvalue weighted by Gasteiger charge is -2.37. The molecule has 1 atom stereocenters. The molecule has 138 valence electrons. The van der Waals surface area contributed by atoms with Gasteiger partial charge in [-0.25, -0.2) is 0 Å². The molecule has 25 heavy (non-hydrogen) atoms. The Bertz CT molecular complexity index is 632. The van der Waals surface area contributed by atoms with Crippen LogP contribution in [-0.4, -0.2) is 47.8 Å². The topological polar surface area (TPSA) is 40.6 Å². The maximum atomic E-state index is 12.8. The van der Waals surface area contributed by atoms with Crippen LogP contribution in [0.15, 0.2) is 6.07 Å². The first-order valence-corrected chi connectivity index (χ1v) is 10.5. The van der Waals surface area contributed by atoms with Crippen LogP contribution in [0, 0.1) is 18.8 Å². The van der Waals surface area contributed by atoms with Crippen molar-refractivity contribution in [2.45, 2.75) is 52.9 Å². The van der Waals surface area contributed by atoms with E-state index in [2.05, 4.69) is 31.7 Å². The molecule has 0 N–H and O–H groups in total. The fraction of sp³-hybridized carbons (Fsp3) is 0.700. The first-order valence-electron chi connectivity index (χ1n) is 9.67. The smallest absolute Gasteiger partial charge is 0.263 e. The van der Waals surface area contributed by atoms with Gasteiger partial charge in [0.05, 0.1) is 4.88 Å². The Morgan fingerprint density at radius 3 is 2.48 bits per heavy atom. The van der Waals surface area contributed by atoms with E-state index in [9.17, 15) is 9.59 Å². The molecule has 1 aromatic rings. The van der Waals surface area contributed by atoms with Crippen molar-refractivity contribution >= 4 is 23.2 Å². The number of hydrogen-bond acceptors (Lipinski definition) is 3. The molecule has 4 nitrogen and oxygen atoms in total. The van der Waals surface area contributed by atoms with E-state index in [0.29, 0.717) is 24.9 Å². The predicted molar refractivity (Wildman–Crippen MR) is 102 cm³/mol. The molecule has 0 saturated carbocycles. The SMILES string of the molecule is CCc1cc(C(=O)N2CCC(C(=O)N3CCCC(C)C3)CC2)sc1C. The van der Waals surface area contributed by atoms with Crippen molar-refractivity contribution in [3.8, 4) is 0 Å². The van der Waals surface area contributed by atoms with Gasteiger partial charge in [-0.2, -0.15) is 0 Å². The Morgan fingerprint density at radius 1 is 1.16 bits per heavy atom. The number of aryl methyl sites for hydroxylation is 2. The van der Waals surface area contributed by atoms with Gasteiger partial charge in [0.2, 0.25) is 5.91 Å². The molecule has 3 heterocycles. The molecule has 5 heteroatoms. The third kappa shape index (κ3) is 4.08.